The number of hydrogen-bond acceptors (Lipinski definition) is 9. The molecular formula is C84H140N2O8S. The van der Waals surface area contributed by atoms with Gasteiger partial charge in [-0.2, -0.15) is 0 Å². The monoisotopic (exact) mass is 1340 g/mol. The third kappa shape index (κ3) is 40.8. The summed E-state index contributed by atoms with van der Waals surface area (Å²) in [6.45, 7) is 12.0. The normalized spacial score (nSPS) is 12.0. The van der Waals surface area contributed by atoms with Crippen LogP contribution in [0.5, 0.6) is 17.2 Å². The lowest BCUT2D eigenvalue weighted by Gasteiger charge is -2.22. The topological polar surface area (TPSA) is 121 Å². The molecule has 10 nitrogen and oxygen atoms in total. The number of unbranched alkanes of at least 4 members (excludes halogenated alkanes) is 45. The Balaban J connectivity index is 0.0000116. The fourth-order valence-electron chi connectivity index (χ4n) is 13.3. The number of carbonyl (C=O) groups excluding carboxylic acids is 3. The van der Waals surface area contributed by atoms with E-state index in [1.807, 2.05) is 50.2 Å². The Morgan fingerprint density at radius 3 is 1.05 bits per heavy atom. The maximum absolute atomic E-state index is 14.0. The number of alkyl carbamates (subject to hydrolysis) is 1. The van der Waals surface area contributed by atoms with Gasteiger partial charge in [0.2, 0.25) is 11.7 Å². The Bertz CT molecular complexity index is 2240. The molecule has 3 aromatic carbocycles. The number of rotatable bonds is 63. The van der Waals surface area contributed by atoms with Crippen molar-refractivity contribution in [1.29, 1.82) is 0 Å². The van der Waals surface area contributed by atoms with Crippen LogP contribution in [0, 0.1) is 5.92 Å². The van der Waals surface area contributed by atoms with E-state index < -0.39 is 24.0 Å². The zero-order chi connectivity index (χ0) is 68.3. The van der Waals surface area contributed by atoms with Gasteiger partial charge in [0.1, 0.15) is 25.8 Å². The van der Waals surface area contributed by atoms with Crippen molar-refractivity contribution in [3.63, 3.8) is 0 Å². The number of ether oxygens (including phenoxy) is 5. The molecule has 95 heavy (non-hydrogen) atoms. The van der Waals surface area contributed by atoms with Crippen LogP contribution in [0.1, 0.15) is 365 Å². The molecule has 0 heterocycles. The van der Waals surface area contributed by atoms with Crippen molar-refractivity contribution in [2.75, 3.05) is 33.0 Å². The van der Waals surface area contributed by atoms with Crippen molar-refractivity contribution >= 4 is 36.1 Å². The van der Waals surface area contributed by atoms with Crippen LogP contribution in [-0.2, 0) is 25.7 Å². The van der Waals surface area contributed by atoms with Crippen LogP contribution in [0.2, 0.25) is 0 Å². The zero-order valence-corrected chi connectivity index (χ0v) is 62.4. The predicted molar refractivity (Wildman–Crippen MR) is 406 cm³/mol. The molecule has 0 aliphatic heterocycles. The van der Waals surface area contributed by atoms with E-state index in [2.05, 4.69) is 73.8 Å². The highest BCUT2D eigenvalue weighted by Crippen LogP contribution is 2.45. The van der Waals surface area contributed by atoms with Gasteiger partial charge >= 0.3 is 12.1 Å². The highest BCUT2D eigenvalue weighted by atomic mass is 32.1. The van der Waals surface area contributed by atoms with E-state index in [4.69, 9.17) is 23.7 Å². The summed E-state index contributed by atoms with van der Waals surface area (Å²) < 4.78 is 31.8. The van der Waals surface area contributed by atoms with E-state index in [1.165, 1.54) is 270 Å². The van der Waals surface area contributed by atoms with Gasteiger partial charge in [-0.3, -0.25) is 4.79 Å². The van der Waals surface area contributed by atoms with Crippen molar-refractivity contribution in [3.8, 4) is 28.4 Å². The fraction of sp³-hybridized carbons (Fsp3) is 0.738. The number of nitrogens with one attached hydrogen (secondary N) is 2. The van der Waals surface area contributed by atoms with Crippen LogP contribution in [0.4, 0.5) is 4.79 Å². The quantitative estimate of drug-likeness (QED) is 0.0323. The fourth-order valence-corrected chi connectivity index (χ4v) is 13.3. The van der Waals surface area contributed by atoms with Gasteiger partial charge in [-0.1, -0.05) is 384 Å². The average Bonchev–Trinajstić information content (AvgIpc) is 1.57. The van der Waals surface area contributed by atoms with Crippen molar-refractivity contribution in [2.24, 2.45) is 5.92 Å². The maximum atomic E-state index is 14.0. The van der Waals surface area contributed by atoms with E-state index in [1.54, 1.807) is 0 Å². The van der Waals surface area contributed by atoms with E-state index in [-0.39, 0.29) is 31.6 Å². The Hall–Kier alpha value is -4.64. The van der Waals surface area contributed by atoms with Crippen LogP contribution in [0.25, 0.3) is 11.1 Å². The standard InChI is InChI=1S/C83H138N2O8.CH2S/c1-6-9-12-15-18-21-24-27-30-33-36-39-42-45-48-55-62-89-77-65-71(68-92-82(87)80(70(4)5)85-79(86)67-84-83(88)93-69-76-74-60-53-51-58-72(74)73-59-52-54-61-75(73)76)66-78(90-63-56-49-46-43-40-37-34-31-28-25-22-19-16-13-10-7-2)81(77)91-64-57-50-47-44-41-38-35-32-29-26-23-20-17-14-11-8-3;1-2/h51-54,58-61,65-66,70,76,80H,6-50,55-57,62-64,67-69H2,1-5H3,(H,84,88)(H,85,86);1H2. The molecule has 1 aliphatic rings. The summed E-state index contributed by atoms with van der Waals surface area (Å²) in [6, 6.07) is 19.3. The molecule has 1 aliphatic carbocycles. The van der Waals surface area contributed by atoms with Gasteiger partial charge in [0.05, 0.1) is 19.8 Å². The summed E-state index contributed by atoms with van der Waals surface area (Å²) in [4.78, 5) is 40.3. The Morgan fingerprint density at radius 2 is 0.726 bits per heavy atom. The summed E-state index contributed by atoms with van der Waals surface area (Å²) in [5, 5.41) is 5.42. The van der Waals surface area contributed by atoms with Crippen LogP contribution in [0.3, 0.4) is 0 Å². The summed E-state index contributed by atoms with van der Waals surface area (Å²) in [7, 11) is 0. The minimum absolute atomic E-state index is 0.0415. The van der Waals surface area contributed by atoms with Gasteiger partial charge in [0, 0.05) is 5.92 Å². The Morgan fingerprint density at radius 1 is 0.421 bits per heavy atom. The van der Waals surface area contributed by atoms with E-state index >= 15 is 0 Å². The van der Waals surface area contributed by atoms with Crippen molar-refractivity contribution in [3.05, 3.63) is 77.4 Å². The summed E-state index contributed by atoms with van der Waals surface area (Å²) in [6.07, 6.45) is 62.3. The first-order valence-electron chi connectivity index (χ1n) is 39.7. The third-order valence-corrected chi connectivity index (χ3v) is 19.2. The molecule has 2 N–H and O–H groups in total. The number of carbonyl (C=O) groups is 3. The summed E-state index contributed by atoms with van der Waals surface area (Å²) in [5.41, 5.74) is 5.22. The molecule has 0 aromatic heterocycles. The highest BCUT2D eigenvalue weighted by molar-refractivity contribution is 7.77. The summed E-state index contributed by atoms with van der Waals surface area (Å²) >= 11 is 3.83. The SMILES string of the molecule is C=S.CCCCCCCCCCCCCCCCCCOc1cc(COC(=O)C(NC(=O)CNC(=O)OCC2c3ccccc3-c3ccccc32)C(C)C)cc(OCCCCCCCCCCCCCCCCCC)c1OCCCCCCCCCCCCCCCCCC. The molecule has 0 fully saturated rings. The largest absolute Gasteiger partial charge is 0.490 e. The van der Waals surface area contributed by atoms with Crippen LogP contribution in [0.15, 0.2) is 60.7 Å². The molecule has 540 valence electrons. The molecule has 1 atom stereocenters. The summed E-state index contributed by atoms with van der Waals surface area (Å²) in [5.74, 6) is 3.25. The van der Waals surface area contributed by atoms with Crippen molar-refractivity contribution in [1.82, 2.24) is 10.6 Å². The molecule has 0 bridgehead atoms. The molecule has 0 spiro atoms. The maximum Gasteiger partial charge on any atom is 0.407 e. The molecule has 11 heteroatoms. The van der Waals surface area contributed by atoms with Gasteiger partial charge in [0.25, 0.3) is 0 Å². The van der Waals surface area contributed by atoms with Gasteiger partial charge in [-0.05, 0) is 71.0 Å². The van der Waals surface area contributed by atoms with E-state index in [0.717, 1.165) is 66.3 Å². The first kappa shape index (κ1) is 84.6. The predicted octanol–water partition coefficient (Wildman–Crippen LogP) is 24.9. The number of benzene rings is 3. The lowest BCUT2D eigenvalue weighted by molar-refractivity contribution is -0.150. The molecule has 4 rings (SSSR count). The first-order chi connectivity index (χ1) is 46.8. The second-order valence-electron chi connectivity index (χ2n) is 28.0. The van der Waals surface area contributed by atoms with Crippen LogP contribution in [-0.4, -0.2) is 62.9 Å². The van der Waals surface area contributed by atoms with Gasteiger partial charge in [-0.15, -0.1) is 0 Å². The lowest BCUT2D eigenvalue weighted by Crippen LogP contribution is -2.48. The zero-order valence-electron chi connectivity index (χ0n) is 61.6. The molecule has 2 amide bonds. The van der Waals surface area contributed by atoms with Gasteiger partial charge < -0.3 is 34.3 Å². The minimum Gasteiger partial charge on any atom is -0.490 e. The second-order valence-corrected chi connectivity index (χ2v) is 28.0. The van der Waals surface area contributed by atoms with Gasteiger partial charge in [0.15, 0.2) is 11.5 Å². The Kier molecular flexibility index (Phi) is 52.9. The molecular weight excluding hydrogens is 1200 g/mol. The number of fused-ring (bicyclic) bond motifs is 3. The van der Waals surface area contributed by atoms with Gasteiger partial charge in [-0.25, -0.2) is 9.59 Å². The first-order valence-corrected chi connectivity index (χ1v) is 40.2. The second kappa shape index (κ2) is 59.4. The lowest BCUT2D eigenvalue weighted by atomic mass is 9.98. The number of esters is 1. The van der Waals surface area contributed by atoms with E-state index in [9.17, 15) is 14.4 Å². The molecule has 0 saturated carbocycles. The van der Waals surface area contributed by atoms with Crippen LogP contribution >= 0.6 is 12.2 Å². The van der Waals surface area contributed by atoms with Crippen LogP contribution < -0.4 is 24.8 Å². The molecule has 0 radical (unpaired) electrons. The van der Waals surface area contributed by atoms with Crippen molar-refractivity contribution < 1.29 is 38.1 Å². The van der Waals surface area contributed by atoms with E-state index in [0.29, 0.717) is 37.1 Å². The Labute approximate surface area is 587 Å². The smallest absolute Gasteiger partial charge is 0.407 e. The van der Waals surface area contributed by atoms with Crippen molar-refractivity contribution in [2.45, 2.75) is 361 Å². The third-order valence-electron chi connectivity index (χ3n) is 19.2. The molecule has 3 aromatic rings. The average molecular weight is 1340 g/mol. The molecule has 1 unspecified atom stereocenters. The number of thiocarbonyl (C=S) groups is 1. The minimum atomic E-state index is -0.944. The number of hydrogen-bond donors (Lipinski definition) is 2. The highest BCUT2D eigenvalue weighted by Gasteiger charge is 2.30. The number of amides is 2. The molecule has 0 saturated heterocycles.